The van der Waals surface area contributed by atoms with Crippen molar-refractivity contribution < 1.29 is 4.79 Å². The van der Waals surface area contributed by atoms with E-state index in [1.54, 1.807) is 0 Å². The minimum absolute atomic E-state index is 0.000486. The van der Waals surface area contributed by atoms with E-state index in [2.05, 4.69) is 63.6 Å². The van der Waals surface area contributed by atoms with E-state index in [1.165, 1.54) is 5.69 Å². The van der Waals surface area contributed by atoms with Crippen molar-refractivity contribution in [3.05, 3.63) is 72.8 Å². The highest BCUT2D eigenvalue weighted by atomic mass is 16.2. The van der Waals surface area contributed by atoms with E-state index in [4.69, 9.17) is 0 Å². The Balaban J connectivity index is 1.14. The zero-order chi connectivity index (χ0) is 19.6. The minimum atomic E-state index is 0.000486. The fraction of sp³-hybridized carbons (Fsp3) is 0.292. The van der Waals surface area contributed by atoms with E-state index < -0.39 is 0 Å². The Kier molecular flexibility index (Phi) is 4.82. The van der Waals surface area contributed by atoms with Gasteiger partial charge in [-0.05, 0) is 23.6 Å². The molecule has 0 aliphatic carbocycles. The van der Waals surface area contributed by atoms with E-state index in [9.17, 15) is 4.79 Å². The number of anilines is 2. The monoisotopic (exact) mass is 386 g/mol. The van der Waals surface area contributed by atoms with Gasteiger partial charge in [0.2, 0.25) is 0 Å². The third-order valence-corrected chi connectivity index (χ3v) is 6.13. The third kappa shape index (κ3) is 3.66. The number of benzene rings is 3. The number of carbonyl (C=O) groups excluding carboxylic acids is 1. The average molecular weight is 386 g/mol. The van der Waals surface area contributed by atoms with Crippen LogP contribution in [0.15, 0.2) is 72.8 Å². The highest BCUT2D eigenvalue weighted by Gasteiger charge is 2.36. The largest absolute Gasteiger partial charge is 0.369 e. The number of hydrogen-bond acceptors (Lipinski definition) is 3. The van der Waals surface area contributed by atoms with E-state index in [-0.39, 0.29) is 6.03 Å². The lowest BCUT2D eigenvalue weighted by atomic mass is 10.1. The summed E-state index contributed by atoms with van der Waals surface area (Å²) in [4.78, 5) is 19.6. The molecule has 5 rings (SSSR count). The predicted octanol–water partition coefficient (Wildman–Crippen LogP) is 3.88. The van der Waals surface area contributed by atoms with Crippen LogP contribution in [0.5, 0.6) is 0 Å². The predicted molar refractivity (Wildman–Crippen MR) is 119 cm³/mol. The van der Waals surface area contributed by atoms with Crippen LogP contribution in [-0.2, 0) is 0 Å². The lowest BCUT2D eigenvalue weighted by Gasteiger charge is -2.48. The van der Waals surface area contributed by atoms with Crippen molar-refractivity contribution in [1.82, 2.24) is 9.80 Å². The molecule has 148 valence electrons. The Morgan fingerprint density at radius 3 is 2.28 bits per heavy atom. The second-order valence-corrected chi connectivity index (χ2v) is 7.87. The van der Waals surface area contributed by atoms with Crippen LogP contribution in [0.2, 0.25) is 0 Å². The first-order chi connectivity index (χ1) is 14.3. The van der Waals surface area contributed by atoms with E-state index in [0.29, 0.717) is 6.04 Å². The summed E-state index contributed by atoms with van der Waals surface area (Å²) in [6.45, 7) is 5.81. The van der Waals surface area contributed by atoms with Gasteiger partial charge in [-0.3, -0.25) is 4.90 Å². The maximum Gasteiger partial charge on any atom is 0.321 e. The van der Waals surface area contributed by atoms with Crippen LogP contribution in [0.1, 0.15) is 0 Å². The number of para-hydroxylation sites is 1. The van der Waals surface area contributed by atoms with E-state index >= 15 is 0 Å². The van der Waals surface area contributed by atoms with Gasteiger partial charge in [0, 0.05) is 56.4 Å². The molecule has 0 spiro atoms. The second kappa shape index (κ2) is 7.76. The van der Waals surface area contributed by atoms with Gasteiger partial charge >= 0.3 is 6.03 Å². The highest BCUT2D eigenvalue weighted by molar-refractivity contribution is 6.01. The number of amides is 2. The zero-order valence-electron chi connectivity index (χ0n) is 16.5. The fourth-order valence-electron chi connectivity index (χ4n) is 4.36. The molecule has 0 saturated carbocycles. The average Bonchev–Trinajstić information content (AvgIpc) is 2.74. The molecule has 0 unspecified atom stereocenters. The standard InChI is InChI=1S/C24H26N4O/c29-24(25-23-12-6-8-19-7-4-5-11-22(19)23)28-17-21(18-28)27-15-13-26(14-16-27)20-9-2-1-3-10-20/h1-12,21H,13-18H2,(H,25,29). The number of nitrogens with one attached hydrogen (secondary N) is 1. The van der Waals surface area contributed by atoms with Crippen molar-refractivity contribution in [2.45, 2.75) is 6.04 Å². The van der Waals surface area contributed by atoms with Crippen molar-refractivity contribution >= 4 is 28.2 Å². The van der Waals surface area contributed by atoms with Gasteiger partial charge in [0.05, 0.1) is 5.69 Å². The lowest BCUT2D eigenvalue weighted by Crippen LogP contribution is -2.64. The van der Waals surface area contributed by atoms with Crippen LogP contribution >= 0.6 is 0 Å². The molecule has 29 heavy (non-hydrogen) atoms. The number of nitrogens with zero attached hydrogens (tertiary/aromatic N) is 3. The van der Waals surface area contributed by atoms with Gasteiger partial charge < -0.3 is 15.1 Å². The van der Waals surface area contributed by atoms with Crippen molar-refractivity contribution in [2.24, 2.45) is 0 Å². The lowest BCUT2D eigenvalue weighted by molar-refractivity contribution is 0.0579. The first kappa shape index (κ1) is 18.0. The molecule has 2 saturated heterocycles. The molecule has 0 aromatic heterocycles. The zero-order valence-corrected chi connectivity index (χ0v) is 16.5. The second-order valence-electron chi connectivity index (χ2n) is 7.87. The van der Waals surface area contributed by atoms with Crippen LogP contribution in [0.4, 0.5) is 16.2 Å². The number of carbonyl (C=O) groups is 1. The molecule has 2 amide bonds. The quantitative estimate of drug-likeness (QED) is 0.743. The molecule has 2 aliphatic heterocycles. The summed E-state index contributed by atoms with van der Waals surface area (Å²) >= 11 is 0. The van der Waals surface area contributed by atoms with Crippen LogP contribution < -0.4 is 10.2 Å². The van der Waals surface area contributed by atoms with Gasteiger partial charge in [-0.2, -0.15) is 0 Å². The van der Waals surface area contributed by atoms with E-state index in [1.807, 2.05) is 29.2 Å². The molecular weight excluding hydrogens is 360 g/mol. The summed E-state index contributed by atoms with van der Waals surface area (Å²) in [5.41, 5.74) is 2.19. The molecule has 1 N–H and O–H groups in total. The Morgan fingerprint density at radius 1 is 0.793 bits per heavy atom. The van der Waals surface area contributed by atoms with Crippen molar-refractivity contribution in [3.63, 3.8) is 0 Å². The summed E-state index contributed by atoms with van der Waals surface area (Å²) in [6.07, 6.45) is 0. The maximum atomic E-state index is 12.7. The molecule has 3 aromatic carbocycles. The van der Waals surface area contributed by atoms with Crippen LogP contribution in [0.25, 0.3) is 10.8 Å². The topological polar surface area (TPSA) is 38.8 Å². The highest BCUT2D eigenvalue weighted by Crippen LogP contribution is 2.25. The number of likely N-dealkylation sites (tertiary alicyclic amines) is 1. The van der Waals surface area contributed by atoms with Gasteiger partial charge in [-0.15, -0.1) is 0 Å². The molecule has 2 fully saturated rings. The molecule has 0 bridgehead atoms. The number of piperazine rings is 1. The molecule has 2 aliphatic rings. The normalized spacial score (nSPS) is 17.9. The summed E-state index contributed by atoms with van der Waals surface area (Å²) < 4.78 is 0. The maximum absolute atomic E-state index is 12.7. The molecule has 5 heteroatoms. The molecule has 5 nitrogen and oxygen atoms in total. The molecular formula is C24H26N4O. The van der Waals surface area contributed by atoms with Crippen molar-refractivity contribution in [2.75, 3.05) is 49.5 Å². The number of urea groups is 1. The van der Waals surface area contributed by atoms with E-state index in [0.717, 1.165) is 55.7 Å². The van der Waals surface area contributed by atoms with Crippen LogP contribution in [0, 0.1) is 0 Å². The SMILES string of the molecule is O=C(Nc1cccc2ccccc12)N1CC(N2CCN(c3ccccc3)CC2)C1. The fourth-order valence-corrected chi connectivity index (χ4v) is 4.36. The molecule has 0 atom stereocenters. The van der Waals surface area contributed by atoms with Crippen LogP contribution in [-0.4, -0.2) is 61.1 Å². The molecule has 3 aromatic rings. The summed E-state index contributed by atoms with van der Waals surface area (Å²) in [6, 6.07) is 25.3. The molecule has 2 heterocycles. The molecule has 0 radical (unpaired) electrons. The Labute approximate surface area is 171 Å². The summed E-state index contributed by atoms with van der Waals surface area (Å²) in [5.74, 6) is 0. The number of fused-ring (bicyclic) bond motifs is 1. The van der Waals surface area contributed by atoms with Gasteiger partial charge in [0.15, 0.2) is 0 Å². The van der Waals surface area contributed by atoms with Crippen molar-refractivity contribution in [3.8, 4) is 0 Å². The van der Waals surface area contributed by atoms with Crippen molar-refractivity contribution in [1.29, 1.82) is 0 Å². The number of rotatable bonds is 3. The smallest absolute Gasteiger partial charge is 0.321 e. The Hall–Kier alpha value is -3.05. The number of hydrogen-bond donors (Lipinski definition) is 1. The summed E-state index contributed by atoms with van der Waals surface area (Å²) in [7, 11) is 0. The minimum Gasteiger partial charge on any atom is -0.369 e. The summed E-state index contributed by atoms with van der Waals surface area (Å²) in [5, 5.41) is 5.32. The van der Waals surface area contributed by atoms with Gasteiger partial charge in [0.1, 0.15) is 0 Å². The first-order valence-electron chi connectivity index (χ1n) is 10.4. The third-order valence-electron chi connectivity index (χ3n) is 6.13. The van der Waals surface area contributed by atoms with Gasteiger partial charge in [-0.1, -0.05) is 54.6 Å². The van der Waals surface area contributed by atoms with Gasteiger partial charge in [0.25, 0.3) is 0 Å². The van der Waals surface area contributed by atoms with Crippen LogP contribution in [0.3, 0.4) is 0 Å². The Morgan fingerprint density at radius 2 is 1.48 bits per heavy atom. The van der Waals surface area contributed by atoms with Gasteiger partial charge in [-0.25, -0.2) is 4.79 Å². The first-order valence-corrected chi connectivity index (χ1v) is 10.4. The Bertz CT molecular complexity index is 987.